The first kappa shape index (κ1) is 15.3. The van der Waals surface area contributed by atoms with Crippen LogP contribution in [-0.2, 0) is 12.6 Å². The number of amides is 2. The maximum absolute atomic E-state index is 12.5. The molecule has 6 heteroatoms. The molecule has 2 aromatic carbocycles. The summed E-state index contributed by atoms with van der Waals surface area (Å²) in [5, 5.41) is 0. The van der Waals surface area contributed by atoms with Gasteiger partial charge in [-0.05, 0) is 36.2 Å². The van der Waals surface area contributed by atoms with Gasteiger partial charge >= 0.3 is 6.18 Å². The van der Waals surface area contributed by atoms with Gasteiger partial charge in [0.1, 0.15) is 0 Å². The standard InChI is InChI=1S/C17H12F3NO2/c18-17(19,20)12-7-5-11(6-8-12)9-10-21-15(22)13-3-1-2-4-14(13)16(21)23/h1-8H,9-10H2. The molecule has 1 aliphatic heterocycles. The van der Waals surface area contributed by atoms with Crippen LogP contribution in [-0.4, -0.2) is 23.3 Å². The van der Waals surface area contributed by atoms with Crippen molar-refractivity contribution in [1.82, 2.24) is 4.90 Å². The fourth-order valence-corrected chi connectivity index (χ4v) is 2.54. The zero-order chi connectivity index (χ0) is 16.6. The predicted molar refractivity (Wildman–Crippen MR) is 77.0 cm³/mol. The minimum Gasteiger partial charge on any atom is -0.274 e. The fraction of sp³-hybridized carbons (Fsp3) is 0.176. The van der Waals surface area contributed by atoms with Crippen LogP contribution in [0.25, 0.3) is 0 Å². The first-order valence-electron chi connectivity index (χ1n) is 6.99. The molecular formula is C17H12F3NO2. The van der Waals surface area contributed by atoms with E-state index in [0.29, 0.717) is 23.1 Å². The molecule has 2 amide bonds. The number of hydrogen-bond donors (Lipinski definition) is 0. The van der Waals surface area contributed by atoms with Crippen molar-refractivity contribution in [2.45, 2.75) is 12.6 Å². The summed E-state index contributed by atoms with van der Waals surface area (Å²) in [6.45, 7) is 0.137. The second-order valence-electron chi connectivity index (χ2n) is 5.25. The molecule has 0 aromatic heterocycles. The minimum atomic E-state index is -4.37. The van der Waals surface area contributed by atoms with E-state index in [2.05, 4.69) is 0 Å². The molecular weight excluding hydrogens is 307 g/mol. The van der Waals surface area contributed by atoms with Gasteiger partial charge in [0, 0.05) is 6.54 Å². The number of carbonyl (C=O) groups is 2. The molecule has 0 spiro atoms. The van der Waals surface area contributed by atoms with Gasteiger partial charge in [0.15, 0.2) is 0 Å². The lowest BCUT2D eigenvalue weighted by Crippen LogP contribution is -2.31. The van der Waals surface area contributed by atoms with Crippen molar-refractivity contribution in [2.75, 3.05) is 6.54 Å². The van der Waals surface area contributed by atoms with Gasteiger partial charge in [-0.3, -0.25) is 14.5 Å². The van der Waals surface area contributed by atoms with E-state index in [4.69, 9.17) is 0 Å². The van der Waals surface area contributed by atoms with Crippen molar-refractivity contribution in [3.63, 3.8) is 0 Å². The van der Waals surface area contributed by atoms with Crippen LogP contribution in [0.3, 0.4) is 0 Å². The third-order valence-corrected chi connectivity index (χ3v) is 3.78. The molecule has 3 nitrogen and oxygen atoms in total. The first-order valence-corrected chi connectivity index (χ1v) is 6.99. The predicted octanol–water partition coefficient (Wildman–Crippen LogP) is 3.54. The molecule has 0 saturated heterocycles. The van der Waals surface area contributed by atoms with Crippen molar-refractivity contribution in [2.24, 2.45) is 0 Å². The van der Waals surface area contributed by atoms with Gasteiger partial charge in [-0.15, -0.1) is 0 Å². The van der Waals surface area contributed by atoms with Crippen molar-refractivity contribution in [3.8, 4) is 0 Å². The summed E-state index contributed by atoms with van der Waals surface area (Å²) in [5.41, 5.74) is 0.645. The summed E-state index contributed by atoms with van der Waals surface area (Å²) >= 11 is 0. The van der Waals surface area contributed by atoms with Gasteiger partial charge in [-0.1, -0.05) is 24.3 Å². The lowest BCUT2D eigenvalue weighted by molar-refractivity contribution is -0.137. The number of rotatable bonds is 3. The summed E-state index contributed by atoms with van der Waals surface area (Å²) in [6, 6.07) is 11.3. The maximum atomic E-state index is 12.5. The number of benzene rings is 2. The number of hydrogen-bond acceptors (Lipinski definition) is 2. The van der Waals surface area contributed by atoms with Gasteiger partial charge < -0.3 is 0 Å². The highest BCUT2D eigenvalue weighted by atomic mass is 19.4. The zero-order valence-electron chi connectivity index (χ0n) is 11.9. The van der Waals surface area contributed by atoms with E-state index >= 15 is 0 Å². The molecule has 0 atom stereocenters. The lowest BCUT2D eigenvalue weighted by Gasteiger charge is -2.14. The Labute approximate surface area is 130 Å². The molecule has 2 aromatic rings. The van der Waals surface area contributed by atoms with Crippen molar-refractivity contribution in [1.29, 1.82) is 0 Å². The topological polar surface area (TPSA) is 37.4 Å². The van der Waals surface area contributed by atoms with E-state index in [1.807, 2.05) is 0 Å². The fourth-order valence-electron chi connectivity index (χ4n) is 2.54. The molecule has 23 heavy (non-hydrogen) atoms. The molecule has 0 bridgehead atoms. The largest absolute Gasteiger partial charge is 0.416 e. The molecule has 0 saturated carbocycles. The molecule has 0 unspecified atom stereocenters. The molecule has 0 N–H and O–H groups in total. The maximum Gasteiger partial charge on any atom is 0.416 e. The number of halogens is 3. The van der Waals surface area contributed by atoms with Gasteiger partial charge in [-0.25, -0.2) is 0 Å². The average molecular weight is 319 g/mol. The van der Waals surface area contributed by atoms with Crippen LogP contribution >= 0.6 is 0 Å². The van der Waals surface area contributed by atoms with E-state index in [9.17, 15) is 22.8 Å². The van der Waals surface area contributed by atoms with Crippen LogP contribution in [0.5, 0.6) is 0 Å². The molecule has 1 aliphatic rings. The van der Waals surface area contributed by atoms with Crippen molar-refractivity contribution in [3.05, 3.63) is 70.8 Å². The third kappa shape index (κ3) is 2.84. The monoisotopic (exact) mass is 319 g/mol. The molecule has 1 heterocycles. The Morgan fingerprint density at radius 1 is 0.826 bits per heavy atom. The van der Waals surface area contributed by atoms with Gasteiger partial charge in [0.2, 0.25) is 0 Å². The Balaban J connectivity index is 1.70. The van der Waals surface area contributed by atoms with Crippen LogP contribution in [0.2, 0.25) is 0 Å². The van der Waals surface area contributed by atoms with Crippen LogP contribution < -0.4 is 0 Å². The van der Waals surface area contributed by atoms with Gasteiger partial charge in [0.05, 0.1) is 16.7 Å². The Morgan fingerprint density at radius 3 is 1.83 bits per heavy atom. The van der Waals surface area contributed by atoms with E-state index in [1.54, 1.807) is 24.3 Å². The summed E-state index contributed by atoms with van der Waals surface area (Å²) < 4.78 is 37.5. The minimum absolute atomic E-state index is 0.137. The molecule has 0 aliphatic carbocycles. The SMILES string of the molecule is O=C1c2ccccc2C(=O)N1CCc1ccc(C(F)(F)F)cc1. The number of carbonyl (C=O) groups excluding carboxylic acids is 2. The Morgan fingerprint density at radius 2 is 1.35 bits per heavy atom. The van der Waals surface area contributed by atoms with E-state index < -0.39 is 11.7 Å². The van der Waals surface area contributed by atoms with Crippen molar-refractivity contribution >= 4 is 11.8 Å². The Kier molecular flexibility index (Phi) is 3.67. The van der Waals surface area contributed by atoms with Crippen LogP contribution in [0, 0.1) is 0 Å². The van der Waals surface area contributed by atoms with Crippen LogP contribution in [0.4, 0.5) is 13.2 Å². The molecule has 118 valence electrons. The van der Waals surface area contributed by atoms with E-state index in [-0.39, 0.29) is 18.4 Å². The van der Waals surface area contributed by atoms with Crippen LogP contribution in [0.1, 0.15) is 31.8 Å². The summed E-state index contributed by atoms with van der Waals surface area (Å²) in [6.07, 6.45) is -4.06. The lowest BCUT2D eigenvalue weighted by atomic mass is 10.1. The smallest absolute Gasteiger partial charge is 0.274 e. The highest BCUT2D eigenvalue weighted by molar-refractivity contribution is 6.21. The summed E-state index contributed by atoms with van der Waals surface area (Å²) in [7, 11) is 0. The number of imide groups is 1. The number of alkyl halides is 3. The number of nitrogens with zero attached hydrogens (tertiary/aromatic N) is 1. The molecule has 0 radical (unpaired) electrons. The van der Waals surface area contributed by atoms with Gasteiger partial charge in [0.25, 0.3) is 11.8 Å². The molecule has 3 rings (SSSR count). The highest BCUT2D eigenvalue weighted by Gasteiger charge is 2.34. The molecule has 0 fully saturated rings. The van der Waals surface area contributed by atoms with E-state index in [1.165, 1.54) is 12.1 Å². The van der Waals surface area contributed by atoms with Crippen molar-refractivity contribution < 1.29 is 22.8 Å². The normalized spacial score (nSPS) is 14.3. The average Bonchev–Trinajstić information content (AvgIpc) is 2.77. The van der Waals surface area contributed by atoms with E-state index in [0.717, 1.165) is 17.0 Å². The van der Waals surface area contributed by atoms with Gasteiger partial charge in [-0.2, -0.15) is 13.2 Å². The second kappa shape index (κ2) is 5.53. The third-order valence-electron chi connectivity index (χ3n) is 3.78. The summed E-state index contributed by atoms with van der Waals surface area (Å²) in [5.74, 6) is -0.727. The Hall–Kier alpha value is -2.63. The first-order chi connectivity index (χ1) is 10.9. The zero-order valence-corrected chi connectivity index (χ0v) is 11.9. The Bertz CT molecular complexity index is 731. The van der Waals surface area contributed by atoms with Crippen LogP contribution in [0.15, 0.2) is 48.5 Å². The quantitative estimate of drug-likeness (QED) is 0.812. The highest BCUT2D eigenvalue weighted by Crippen LogP contribution is 2.29. The number of fused-ring (bicyclic) bond motifs is 1. The second-order valence-corrected chi connectivity index (χ2v) is 5.25. The summed E-state index contributed by atoms with van der Waals surface area (Å²) in [4.78, 5) is 25.5.